The van der Waals surface area contributed by atoms with Crippen molar-refractivity contribution in [3.63, 3.8) is 0 Å². The Morgan fingerprint density at radius 3 is 2.58 bits per heavy atom. The fraction of sp³-hybridized carbons (Fsp3) is 0.158. The summed E-state index contributed by atoms with van der Waals surface area (Å²) in [7, 11) is 0. The molecule has 0 spiro atoms. The molecule has 3 rings (SSSR count). The molecule has 0 fully saturated rings. The van der Waals surface area contributed by atoms with Crippen molar-refractivity contribution in [2.75, 3.05) is 0 Å². The van der Waals surface area contributed by atoms with Crippen molar-refractivity contribution in [1.29, 1.82) is 0 Å². The minimum atomic E-state index is -0.810. The summed E-state index contributed by atoms with van der Waals surface area (Å²) < 4.78 is 24.0. The summed E-state index contributed by atoms with van der Waals surface area (Å²) in [5, 5.41) is 0.773. The van der Waals surface area contributed by atoms with E-state index in [9.17, 15) is 14.0 Å². The maximum atomic E-state index is 13.6. The molecule has 0 bridgehead atoms. The van der Waals surface area contributed by atoms with E-state index in [0.717, 1.165) is 10.9 Å². The van der Waals surface area contributed by atoms with Gasteiger partial charge in [-0.15, -0.1) is 0 Å². The standard InChI is InChI=1S/C19H15FO4/c1-11(2)15-10-18(21)24-17-9-12(7-8-13(15)17)23-19(22)14-5-3-4-6-16(14)20/h3-11H,1-2H3. The summed E-state index contributed by atoms with van der Waals surface area (Å²) >= 11 is 0. The minimum absolute atomic E-state index is 0.142. The van der Waals surface area contributed by atoms with Crippen molar-refractivity contribution in [2.45, 2.75) is 19.8 Å². The topological polar surface area (TPSA) is 56.5 Å². The van der Waals surface area contributed by atoms with Crippen LogP contribution in [0.5, 0.6) is 5.75 Å². The van der Waals surface area contributed by atoms with Crippen molar-refractivity contribution in [1.82, 2.24) is 0 Å². The Bertz CT molecular complexity index is 973. The minimum Gasteiger partial charge on any atom is -0.423 e. The summed E-state index contributed by atoms with van der Waals surface area (Å²) in [6, 6.07) is 11.8. The molecule has 1 heterocycles. The predicted molar refractivity (Wildman–Crippen MR) is 87.9 cm³/mol. The lowest BCUT2D eigenvalue weighted by Crippen LogP contribution is -2.10. The second-order valence-corrected chi connectivity index (χ2v) is 5.70. The number of ether oxygens (including phenoxy) is 1. The third kappa shape index (κ3) is 3.06. The van der Waals surface area contributed by atoms with Crippen LogP contribution in [0, 0.1) is 5.82 Å². The lowest BCUT2D eigenvalue weighted by atomic mass is 10.00. The second kappa shape index (κ2) is 6.28. The Morgan fingerprint density at radius 2 is 1.88 bits per heavy atom. The molecule has 0 aliphatic carbocycles. The van der Waals surface area contributed by atoms with Crippen LogP contribution in [0.3, 0.4) is 0 Å². The highest BCUT2D eigenvalue weighted by Crippen LogP contribution is 2.27. The normalized spacial score (nSPS) is 11.0. The quantitative estimate of drug-likeness (QED) is 0.410. The van der Waals surface area contributed by atoms with E-state index in [2.05, 4.69) is 0 Å². The maximum Gasteiger partial charge on any atom is 0.346 e. The van der Waals surface area contributed by atoms with E-state index in [1.807, 2.05) is 13.8 Å². The van der Waals surface area contributed by atoms with Gasteiger partial charge in [-0.3, -0.25) is 0 Å². The van der Waals surface area contributed by atoms with E-state index in [0.29, 0.717) is 5.58 Å². The Kier molecular flexibility index (Phi) is 4.16. The van der Waals surface area contributed by atoms with Crippen LogP contribution in [-0.2, 0) is 0 Å². The SMILES string of the molecule is CC(C)c1cc(=O)oc2cc(OC(=O)c3ccccc3F)ccc12. The molecule has 0 saturated heterocycles. The van der Waals surface area contributed by atoms with Gasteiger partial charge in [0.25, 0.3) is 0 Å². The number of fused-ring (bicyclic) bond motifs is 1. The lowest BCUT2D eigenvalue weighted by Gasteiger charge is -2.10. The van der Waals surface area contributed by atoms with Crippen LogP contribution in [-0.4, -0.2) is 5.97 Å². The summed E-state index contributed by atoms with van der Waals surface area (Å²) in [4.78, 5) is 23.7. The number of carbonyl (C=O) groups is 1. The molecule has 1 aromatic heterocycles. The molecular formula is C19H15FO4. The predicted octanol–water partition coefficient (Wildman–Crippen LogP) is 4.27. The first-order valence-electron chi connectivity index (χ1n) is 7.50. The Balaban J connectivity index is 1.98. The summed E-state index contributed by atoms with van der Waals surface area (Å²) in [5.74, 6) is -1.14. The van der Waals surface area contributed by atoms with Gasteiger partial charge in [0, 0.05) is 17.5 Å². The molecule has 0 atom stereocenters. The average molecular weight is 326 g/mol. The van der Waals surface area contributed by atoms with E-state index in [1.165, 1.54) is 30.3 Å². The third-order valence-electron chi connectivity index (χ3n) is 3.67. The average Bonchev–Trinajstić information content (AvgIpc) is 2.54. The zero-order valence-corrected chi connectivity index (χ0v) is 13.2. The molecule has 0 amide bonds. The summed E-state index contributed by atoms with van der Waals surface area (Å²) in [5.41, 5.74) is 0.553. The van der Waals surface area contributed by atoms with Crippen molar-refractivity contribution in [3.8, 4) is 5.75 Å². The number of benzene rings is 2. The van der Waals surface area contributed by atoms with Gasteiger partial charge in [-0.1, -0.05) is 26.0 Å². The van der Waals surface area contributed by atoms with Crippen LogP contribution in [0.4, 0.5) is 4.39 Å². The van der Waals surface area contributed by atoms with Gasteiger partial charge in [-0.05, 0) is 35.7 Å². The van der Waals surface area contributed by atoms with Crippen molar-refractivity contribution >= 4 is 16.9 Å². The molecule has 0 aliphatic rings. The van der Waals surface area contributed by atoms with Gasteiger partial charge in [0.05, 0.1) is 5.56 Å². The van der Waals surface area contributed by atoms with Crippen LogP contribution < -0.4 is 10.4 Å². The van der Waals surface area contributed by atoms with Gasteiger partial charge >= 0.3 is 11.6 Å². The molecule has 0 radical (unpaired) electrons. The number of halogens is 1. The van der Waals surface area contributed by atoms with Crippen LogP contribution >= 0.6 is 0 Å². The molecule has 0 saturated carbocycles. The van der Waals surface area contributed by atoms with Gasteiger partial charge in [0.15, 0.2) is 0 Å². The molecule has 0 N–H and O–H groups in total. The fourth-order valence-electron chi connectivity index (χ4n) is 2.50. The van der Waals surface area contributed by atoms with Crippen molar-refractivity contribution < 1.29 is 18.3 Å². The van der Waals surface area contributed by atoms with Crippen LogP contribution in [0.1, 0.15) is 35.7 Å². The van der Waals surface area contributed by atoms with E-state index in [1.54, 1.807) is 18.2 Å². The van der Waals surface area contributed by atoms with Gasteiger partial charge < -0.3 is 9.15 Å². The summed E-state index contributed by atoms with van der Waals surface area (Å²) in [6.07, 6.45) is 0. The van der Waals surface area contributed by atoms with Gasteiger partial charge in [-0.2, -0.15) is 0 Å². The first-order valence-corrected chi connectivity index (χ1v) is 7.50. The Labute approximate surface area is 137 Å². The van der Waals surface area contributed by atoms with Gasteiger partial charge in [0.1, 0.15) is 17.1 Å². The van der Waals surface area contributed by atoms with Gasteiger partial charge in [-0.25, -0.2) is 14.0 Å². The largest absolute Gasteiger partial charge is 0.423 e. The highest BCUT2D eigenvalue weighted by Gasteiger charge is 2.15. The molecule has 0 aliphatic heterocycles. The van der Waals surface area contributed by atoms with Crippen LogP contribution in [0.25, 0.3) is 11.0 Å². The van der Waals surface area contributed by atoms with Crippen molar-refractivity contribution in [2.24, 2.45) is 0 Å². The number of hydrogen-bond acceptors (Lipinski definition) is 4. The molecule has 3 aromatic rings. The van der Waals surface area contributed by atoms with E-state index >= 15 is 0 Å². The molecule has 5 heteroatoms. The number of hydrogen-bond donors (Lipinski definition) is 0. The van der Waals surface area contributed by atoms with E-state index in [4.69, 9.17) is 9.15 Å². The molecule has 122 valence electrons. The maximum absolute atomic E-state index is 13.6. The monoisotopic (exact) mass is 326 g/mol. The first kappa shape index (κ1) is 15.9. The van der Waals surface area contributed by atoms with Gasteiger partial charge in [0.2, 0.25) is 0 Å². The number of rotatable bonds is 3. The summed E-state index contributed by atoms with van der Waals surface area (Å²) in [6.45, 7) is 3.95. The van der Waals surface area contributed by atoms with Crippen molar-refractivity contribution in [3.05, 3.63) is 75.9 Å². The Morgan fingerprint density at radius 1 is 1.12 bits per heavy atom. The highest BCUT2D eigenvalue weighted by atomic mass is 19.1. The number of esters is 1. The van der Waals surface area contributed by atoms with Crippen LogP contribution in [0.2, 0.25) is 0 Å². The Hall–Kier alpha value is -2.95. The van der Waals surface area contributed by atoms with E-state index in [-0.39, 0.29) is 17.2 Å². The molecule has 2 aromatic carbocycles. The molecular weight excluding hydrogens is 311 g/mol. The zero-order chi connectivity index (χ0) is 17.3. The molecule has 24 heavy (non-hydrogen) atoms. The molecule has 4 nitrogen and oxygen atoms in total. The highest BCUT2D eigenvalue weighted by molar-refractivity contribution is 5.92. The fourth-order valence-corrected chi connectivity index (χ4v) is 2.50. The van der Waals surface area contributed by atoms with E-state index < -0.39 is 17.4 Å². The smallest absolute Gasteiger partial charge is 0.346 e. The lowest BCUT2D eigenvalue weighted by molar-refractivity contribution is 0.0730. The molecule has 0 unspecified atom stereocenters. The third-order valence-corrected chi connectivity index (χ3v) is 3.67. The first-order chi connectivity index (χ1) is 11.5. The van der Waals surface area contributed by atoms with Crippen LogP contribution in [0.15, 0.2) is 57.7 Å². The number of carbonyl (C=O) groups excluding carboxylic acids is 1. The zero-order valence-electron chi connectivity index (χ0n) is 13.2. The second-order valence-electron chi connectivity index (χ2n) is 5.70.